The van der Waals surface area contributed by atoms with Crippen molar-refractivity contribution in [2.24, 2.45) is 11.1 Å². The van der Waals surface area contributed by atoms with E-state index in [2.05, 4.69) is 5.32 Å². The molecule has 1 aromatic rings. The lowest BCUT2D eigenvalue weighted by Crippen LogP contribution is -2.41. The second kappa shape index (κ2) is 5.40. The Morgan fingerprint density at radius 3 is 2.43 bits per heavy atom. The van der Waals surface area contributed by atoms with E-state index in [1.165, 1.54) is 37.1 Å². The van der Waals surface area contributed by atoms with Crippen molar-refractivity contribution in [3.8, 4) is 0 Å². The van der Waals surface area contributed by atoms with Crippen LogP contribution in [0.15, 0.2) is 29.2 Å². The molecule has 0 spiro atoms. The van der Waals surface area contributed by atoms with Crippen LogP contribution in [0.4, 0.5) is 0 Å². The third kappa shape index (κ3) is 3.25. The van der Waals surface area contributed by atoms with Crippen LogP contribution in [-0.4, -0.2) is 33.1 Å². The van der Waals surface area contributed by atoms with E-state index in [0.29, 0.717) is 18.1 Å². The van der Waals surface area contributed by atoms with Crippen molar-refractivity contribution in [2.45, 2.75) is 36.3 Å². The molecule has 1 aliphatic heterocycles. The molecule has 3 rings (SSSR count). The summed E-state index contributed by atoms with van der Waals surface area (Å²) < 4.78 is 28.0. The van der Waals surface area contributed by atoms with Gasteiger partial charge in [-0.15, -0.1) is 0 Å². The molecule has 2 atom stereocenters. The summed E-state index contributed by atoms with van der Waals surface area (Å²) in [6.07, 6.45) is 3.28. The number of primary sulfonamides is 1. The zero-order valence-corrected chi connectivity index (χ0v) is 12.3. The number of hydrogen-bond acceptors (Lipinski definition) is 4. The van der Waals surface area contributed by atoms with Crippen LogP contribution < -0.4 is 10.5 Å². The van der Waals surface area contributed by atoms with Gasteiger partial charge in [-0.25, -0.2) is 13.6 Å². The average molecular weight is 310 g/mol. The zero-order chi connectivity index (χ0) is 15.0. The molecule has 1 saturated carbocycles. The van der Waals surface area contributed by atoms with Gasteiger partial charge < -0.3 is 10.1 Å². The Morgan fingerprint density at radius 1 is 1.19 bits per heavy atom. The van der Waals surface area contributed by atoms with E-state index in [-0.39, 0.29) is 22.9 Å². The fraction of sp³-hybridized carbons (Fsp3) is 0.500. The standard InChI is InChI=1S/C14H18N2O4S/c15-21(18,19)11-5-3-10(4-6-11)14(17)16-12-7-8-20-13(12)9-1-2-9/h3-6,9,12-13H,1-2,7-8H2,(H,16,17)(H2,15,18,19). The van der Waals surface area contributed by atoms with E-state index in [0.717, 1.165) is 6.42 Å². The van der Waals surface area contributed by atoms with E-state index in [4.69, 9.17) is 9.88 Å². The lowest BCUT2D eigenvalue weighted by molar-refractivity contribution is 0.0729. The molecule has 1 aromatic carbocycles. The summed E-state index contributed by atoms with van der Waals surface area (Å²) >= 11 is 0. The van der Waals surface area contributed by atoms with E-state index in [1.54, 1.807) is 0 Å². The number of rotatable bonds is 4. The van der Waals surface area contributed by atoms with Gasteiger partial charge in [0.2, 0.25) is 10.0 Å². The van der Waals surface area contributed by atoms with Gasteiger partial charge in [-0.1, -0.05) is 0 Å². The molecule has 0 bridgehead atoms. The first kappa shape index (κ1) is 14.5. The highest BCUT2D eigenvalue weighted by atomic mass is 32.2. The molecule has 0 aromatic heterocycles. The van der Waals surface area contributed by atoms with Gasteiger partial charge in [-0.05, 0) is 49.4 Å². The number of amides is 1. The van der Waals surface area contributed by atoms with Crippen LogP contribution in [-0.2, 0) is 14.8 Å². The smallest absolute Gasteiger partial charge is 0.251 e. The highest BCUT2D eigenvalue weighted by Gasteiger charge is 2.41. The third-order valence-corrected chi connectivity index (χ3v) is 4.91. The SMILES string of the molecule is NS(=O)(=O)c1ccc(C(=O)NC2CCOC2C2CC2)cc1. The lowest BCUT2D eigenvalue weighted by atomic mass is 10.1. The van der Waals surface area contributed by atoms with Crippen molar-refractivity contribution < 1.29 is 17.9 Å². The maximum absolute atomic E-state index is 12.2. The number of ether oxygens (including phenoxy) is 1. The first-order valence-electron chi connectivity index (χ1n) is 7.00. The molecule has 1 saturated heterocycles. The molecule has 2 unspecified atom stereocenters. The number of hydrogen-bond donors (Lipinski definition) is 2. The Kier molecular flexibility index (Phi) is 3.73. The Morgan fingerprint density at radius 2 is 1.86 bits per heavy atom. The summed E-state index contributed by atoms with van der Waals surface area (Å²) in [7, 11) is -3.73. The predicted octanol–water partition coefficient (Wildman–Crippen LogP) is 0.631. The maximum Gasteiger partial charge on any atom is 0.251 e. The first-order valence-corrected chi connectivity index (χ1v) is 8.55. The molecule has 21 heavy (non-hydrogen) atoms. The maximum atomic E-state index is 12.2. The van der Waals surface area contributed by atoms with Crippen molar-refractivity contribution in [2.75, 3.05) is 6.61 Å². The van der Waals surface area contributed by atoms with E-state index < -0.39 is 10.0 Å². The van der Waals surface area contributed by atoms with Gasteiger partial charge in [-0.2, -0.15) is 0 Å². The van der Waals surface area contributed by atoms with E-state index in [9.17, 15) is 13.2 Å². The largest absolute Gasteiger partial charge is 0.376 e. The zero-order valence-electron chi connectivity index (χ0n) is 11.5. The number of nitrogens with two attached hydrogens (primary N) is 1. The lowest BCUT2D eigenvalue weighted by Gasteiger charge is -2.19. The summed E-state index contributed by atoms with van der Waals surface area (Å²) in [5, 5.41) is 8.01. The Bertz CT molecular complexity index is 637. The van der Waals surface area contributed by atoms with Crippen molar-refractivity contribution in [3.63, 3.8) is 0 Å². The minimum absolute atomic E-state index is 0.000827. The normalized spacial score (nSPS) is 25.8. The molecule has 2 aliphatic rings. The molecular weight excluding hydrogens is 292 g/mol. The second-order valence-electron chi connectivity index (χ2n) is 5.61. The number of carbonyl (C=O) groups excluding carboxylic acids is 1. The third-order valence-electron chi connectivity index (χ3n) is 3.98. The van der Waals surface area contributed by atoms with Gasteiger partial charge in [0.15, 0.2) is 0 Å². The quantitative estimate of drug-likeness (QED) is 0.852. The van der Waals surface area contributed by atoms with Crippen LogP contribution in [0, 0.1) is 5.92 Å². The molecule has 7 heteroatoms. The monoisotopic (exact) mass is 310 g/mol. The first-order chi connectivity index (χ1) is 9.95. The van der Waals surface area contributed by atoms with Crippen LogP contribution in [0.2, 0.25) is 0 Å². The molecule has 0 radical (unpaired) electrons. The van der Waals surface area contributed by atoms with E-state index >= 15 is 0 Å². The van der Waals surface area contributed by atoms with Crippen LogP contribution >= 0.6 is 0 Å². The van der Waals surface area contributed by atoms with Crippen molar-refractivity contribution in [3.05, 3.63) is 29.8 Å². The van der Waals surface area contributed by atoms with Gasteiger partial charge in [0.25, 0.3) is 5.91 Å². The van der Waals surface area contributed by atoms with Crippen LogP contribution in [0.3, 0.4) is 0 Å². The summed E-state index contributed by atoms with van der Waals surface area (Å²) in [5.74, 6) is 0.361. The van der Waals surface area contributed by atoms with Gasteiger partial charge in [-0.3, -0.25) is 4.79 Å². The van der Waals surface area contributed by atoms with Crippen LogP contribution in [0.25, 0.3) is 0 Å². The van der Waals surface area contributed by atoms with E-state index in [1.807, 2.05) is 0 Å². The number of benzene rings is 1. The fourth-order valence-corrected chi connectivity index (χ4v) is 3.22. The number of sulfonamides is 1. The molecule has 3 N–H and O–H groups in total. The number of nitrogens with one attached hydrogen (secondary N) is 1. The molecule has 114 valence electrons. The minimum atomic E-state index is -3.73. The highest BCUT2D eigenvalue weighted by molar-refractivity contribution is 7.89. The number of carbonyl (C=O) groups is 1. The summed E-state index contributed by atoms with van der Waals surface area (Å²) in [6.45, 7) is 0.677. The summed E-state index contributed by atoms with van der Waals surface area (Å²) in [4.78, 5) is 12.2. The minimum Gasteiger partial charge on any atom is -0.376 e. The average Bonchev–Trinajstić information content (AvgIpc) is 3.18. The Labute approximate surface area is 123 Å². The predicted molar refractivity (Wildman–Crippen MR) is 76.2 cm³/mol. The Hall–Kier alpha value is -1.44. The second-order valence-corrected chi connectivity index (χ2v) is 7.17. The van der Waals surface area contributed by atoms with Crippen LogP contribution in [0.5, 0.6) is 0 Å². The van der Waals surface area contributed by atoms with Crippen molar-refractivity contribution in [1.29, 1.82) is 0 Å². The molecule has 1 heterocycles. The van der Waals surface area contributed by atoms with Gasteiger partial charge in [0.1, 0.15) is 0 Å². The van der Waals surface area contributed by atoms with Gasteiger partial charge in [0.05, 0.1) is 17.0 Å². The molecule has 2 fully saturated rings. The van der Waals surface area contributed by atoms with Gasteiger partial charge >= 0.3 is 0 Å². The molecule has 1 aliphatic carbocycles. The summed E-state index contributed by atoms with van der Waals surface area (Å²) in [5.41, 5.74) is 0.420. The molecular formula is C14H18N2O4S. The topological polar surface area (TPSA) is 98.5 Å². The highest BCUT2D eigenvalue weighted by Crippen LogP contribution is 2.38. The van der Waals surface area contributed by atoms with Crippen molar-refractivity contribution >= 4 is 15.9 Å². The molecule has 6 nitrogen and oxygen atoms in total. The van der Waals surface area contributed by atoms with Crippen molar-refractivity contribution in [1.82, 2.24) is 5.32 Å². The Balaban J connectivity index is 1.67. The van der Waals surface area contributed by atoms with Crippen LogP contribution in [0.1, 0.15) is 29.6 Å². The fourth-order valence-electron chi connectivity index (χ4n) is 2.70. The molecule has 1 amide bonds. The summed E-state index contributed by atoms with van der Waals surface area (Å²) in [6, 6.07) is 5.66. The van der Waals surface area contributed by atoms with Gasteiger partial charge in [0, 0.05) is 12.2 Å².